The van der Waals surface area contributed by atoms with Crippen molar-refractivity contribution in [2.75, 3.05) is 18.0 Å². The summed E-state index contributed by atoms with van der Waals surface area (Å²) in [5, 5.41) is 13.8. The standard InChI is InChI=1S/C26H30N8O/c1-5-22(19-6-7-20-21(12-19)29-10-9-28-20)33-14-18(3)34(15-17(33)2)23-13-25(35)31(4)24-16-32(11-8-27)30-26(23)24/h6-7,9-10,12-13,16-18,22H,5,11,14-15H2,1-4H3/t17-,18+,22?/m1/s1. The van der Waals surface area contributed by atoms with Gasteiger partial charge in [-0.1, -0.05) is 13.0 Å². The average Bonchev–Trinajstić information content (AvgIpc) is 3.28. The Kier molecular flexibility index (Phi) is 5.99. The third-order valence-corrected chi connectivity index (χ3v) is 7.18. The van der Waals surface area contributed by atoms with Crippen LogP contribution in [-0.2, 0) is 13.6 Å². The van der Waals surface area contributed by atoms with Gasteiger partial charge < -0.3 is 9.47 Å². The second kappa shape index (κ2) is 9.12. The fourth-order valence-corrected chi connectivity index (χ4v) is 5.38. The first kappa shape index (κ1) is 23.0. The predicted molar refractivity (Wildman–Crippen MR) is 136 cm³/mol. The van der Waals surface area contributed by atoms with Gasteiger partial charge in [-0.3, -0.25) is 24.3 Å². The summed E-state index contributed by atoms with van der Waals surface area (Å²) in [6, 6.07) is 10.9. The summed E-state index contributed by atoms with van der Waals surface area (Å²) in [6.45, 7) is 8.45. The molecule has 5 rings (SSSR count). The number of nitriles is 1. The largest absolute Gasteiger partial charge is 0.364 e. The molecule has 3 aromatic heterocycles. The van der Waals surface area contributed by atoms with Gasteiger partial charge >= 0.3 is 0 Å². The number of aromatic nitrogens is 5. The van der Waals surface area contributed by atoms with Crippen LogP contribution in [0.2, 0.25) is 0 Å². The zero-order valence-electron chi connectivity index (χ0n) is 20.6. The number of fused-ring (bicyclic) bond motifs is 2. The number of benzene rings is 1. The summed E-state index contributed by atoms with van der Waals surface area (Å²) >= 11 is 0. The van der Waals surface area contributed by atoms with Crippen LogP contribution in [0.1, 0.15) is 38.8 Å². The lowest BCUT2D eigenvalue weighted by atomic mass is 9.97. The number of hydrogen-bond donors (Lipinski definition) is 0. The molecule has 4 aromatic rings. The lowest BCUT2D eigenvalue weighted by Gasteiger charge is -2.48. The van der Waals surface area contributed by atoms with Crippen LogP contribution in [-0.4, -0.2) is 54.4 Å². The van der Waals surface area contributed by atoms with Gasteiger partial charge in [0.2, 0.25) is 0 Å². The summed E-state index contributed by atoms with van der Waals surface area (Å²) in [5.74, 6) is 0. The van der Waals surface area contributed by atoms with Gasteiger partial charge in [0.25, 0.3) is 5.56 Å². The molecule has 0 saturated carbocycles. The molecule has 0 amide bonds. The molecule has 0 radical (unpaired) electrons. The van der Waals surface area contributed by atoms with Gasteiger partial charge in [-0.25, -0.2) is 0 Å². The fraction of sp³-hybridized carbons (Fsp3) is 0.423. The third-order valence-electron chi connectivity index (χ3n) is 7.18. The number of hydrogen-bond acceptors (Lipinski definition) is 7. The van der Waals surface area contributed by atoms with E-state index < -0.39 is 0 Å². The molecule has 1 aliphatic heterocycles. The second-order valence-corrected chi connectivity index (χ2v) is 9.42. The van der Waals surface area contributed by atoms with Crippen molar-refractivity contribution in [2.45, 2.75) is 51.9 Å². The van der Waals surface area contributed by atoms with Gasteiger partial charge in [0, 0.05) is 56.7 Å². The molecule has 0 aliphatic carbocycles. The highest BCUT2D eigenvalue weighted by molar-refractivity contribution is 5.88. The fourth-order valence-electron chi connectivity index (χ4n) is 5.38. The second-order valence-electron chi connectivity index (χ2n) is 9.42. The lowest BCUT2D eigenvalue weighted by molar-refractivity contribution is 0.107. The zero-order chi connectivity index (χ0) is 24.7. The maximum absolute atomic E-state index is 12.8. The molecule has 0 bridgehead atoms. The SMILES string of the molecule is CCC(c1ccc2nccnc2c1)N1C[C@H](C)N(c2cc(=O)n(C)c3cn(CC#N)nc23)C[C@H]1C. The highest BCUT2D eigenvalue weighted by Crippen LogP contribution is 2.34. The first-order valence-corrected chi connectivity index (χ1v) is 12.1. The summed E-state index contributed by atoms with van der Waals surface area (Å²) in [6.07, 6.45) is 6.22. The molecular formula is C26H30N8O. The molecule has 1 aromatic carbocycles. The predicted octanol–water partition coefficient (Wildman–Crippen LogP) is 3.25. The number of piperazine rings is 1. The van der Waals surface area contributed by atoms with Crippen molar-refractivity contribution in [3.63, 3.8) is 0 Å². The molecule has 1 fully saturated rings. The Balaban J connectivity index is 1.47. The first-order valence-electron chi connectivity index (χ1n) is 12.1. The minimum absolute atomic E-state index is 0.0741. The topological polar surface area (TPSA) is 95.9 Å². The molecule has 0 spiro atoms. The van der Waals surface area contributed by atoms with Crippen molar-refractivity contribution in [1.29, 1.82) is 5.26 Å². The molecule has 1 aliphatic rings. The van der Waals surface area contributed by atoms with Crippen LogP contribution in [0.3, 0.4) is 0 Å². The molecule has 4 heterocycles. The Morgan fingerprint density at radius 2 is 1.89 bits per heavy atom. The van der Waals surface area contributed by atoms with E-state index in [0.29, 0.717) is 0 Å². The van der Waals surface area contributed by atoms with E-state index in [1.54, 1.807) is 41.0 Å². The van der Waals surface area contributed by atoms with E-state index in [1.807, 2.05) is 0 Å². The highest BCUT2D eigenvalue weighted by atomic mass is 16.1. The Hall–Kier alpha value is -3.77. The minimum Gasteiger partial charge on any atom is -0.364 e. The number of pyridine rings is 1. The minimum atomic E-state index is -0.0741. The lowest BCUT2D eigenvalue weighted by Crippen LogP contribution is -2.57. The molecule has 35 heavy (non-hydrogen) atoms. The van der Waals surface area contributed by atoms with Crippen LogP contribution in [0, 0.1) is 11.3 Å². The van der Waals surface area contributed by atoms with Crippen LogP contribution in [0.4, 0.5) is 5.69 Å². The van der Waals surface area contributed by atoms with Gasteiger partial charge in [0.1, 0.15) is 12.1 Å². The number of anilines is 1. The Labute approximate surface area is 204 Å². The van der Waals surface area contributed by atoms with Gasteiger partial charge in [-0.15, -0.1) is 0 Å². The van der Waals surface area contributed by atoms with Gasteiger partial charge in [-0.05, 0) is 38.0 Å². The zero-order valence-corrected chi connectivity index (χ0v) is 20.6. The maximum atomic E-state index is 12.8. The maximum Gasteiger partial charge on any atom is 0.252 e. The average molecular weight is 471 g/mol. The van der Waals surface area contributed by atoms with Gasteiger partial charge in [-0.2, -0.15) is 10.4 Å². The Bertz CT molecular complexity index is 1480. The molecule has 9 nitrogen and oxygen atoms in total. The van der Waals surface area contributed by atoms with Crippen molar-refractivity contribution in [3.8, 4) is 6.07 Å². The first-order chi connectivity index (χ1) is 16.9. The number of rotatable bonds is 5. The molecule has 9 heteroatoms. The van der Waals surface area contributed by atoms with E-state index in [9.17, 15) is 4.79 Å². The smallest absolute Gasteiger partial charge is 0.252 e. The third kappa shape index (κ3) is 4.04. The van der Waals surface area contributed by atoms with Crippen molar-refractivity contribution < 1.29 is 0 Å². The van der Waals surface area contributed by atoms with Crippen molar-refractivity contribution >= 4 is 27.8 Å². The van der Waals surface area contributed by atoms with Crippen molar-refractivity contribution in [1.82, 2.24) is 29.2 Å². The van der Waals surface area contributed by atoms with Crippen LogP contribution in [0.5, 0.6) is 0 Å². The number of nitrogens with zero attached hydrogens (tertiary/aromatic N) is 8. The van der Waals surface area contributed by atoms with E-state index in [4.69, 9.17) is 5.26 Å². The van der Waals surface area contributed by atoms with Gasteiger partial charge in [0.15, 0.2) is 0 Å². The summed E-state index contributed by atoms with van der Waals surface area (Å²) in [7, 11) is 1.75. The van der Waals surface area contributed by atoms with Crippen LogP contribution in [0.25, 0.3) is 22.1 Å². The summed E-state index contributed by atoms with van der Waals surface area (Å²) in [4.78, 5) is 26.5. The quantitative estimate of drug-likeness (QED) is 0.442. The molecular weight excluding hydrogens is 440 g/mol. The van der Waals surface area contributed by atoms with E-state index >= 15 is 0 Å². The van der Waals surface area contributed by atoms with Crippen LogP contribution >= 0.6 is 0 Å². The summed E-state index contributed by atoms with van der Waals surface area (Å²) in [5.41, 5.74) is 5.34. The van der Waals surface area contributed by atoms with Crippen LogP contribution < -0.4 is 10.5 Å². The molecule has 1 saturated heterocycles. The van der Waals surface area contributed by atoms with Crippen molar-refractivity contribution in [2.24, 2.45) is 7.05 Å². The van der Waals surface area contributed by atoms with E-state index in [0.717, 1.165) is 47.3 Å². The molecule has 180 valence electrons. The Morgan fingerprint density at radius 1 is 1.11 bits per heavy atom. The molecule has 1 unspecified atom stereocenters. The normalized spacial score (nSPS) is 19.8. The molecule has 3 atom stereocenters. The summed E-state index contributed by atoms with van der Waals surface area (Å²) < 4.78 is 3.20. The van der Waals surface area contributed by atoms with Crippen LogP contribution in [0.15, 0.2) is 47.7 Å². The number of aryl methyl sites for hydroxylation is 1. The monoisotopic (exact) mass is 470 g/mol. The van der Waals surface area contributed by atoms with Crippen molar-refractivity contribution in [3.05, 3.63) is 58.8 Å². The molecule has 0 N–H and O–H groups in total. The van der Waals surface area contributed by atoms with E-state index in [1.165, 1.54) is 5.56 Å². The van der Waals surface area contributed by atoms with E-state index in [-0.39, 0.29) is 30.2 Å². The van der Waals surface area contributed by atoms with E-state index in [2.05, 4.69) is 69.9 Å². The highest BCUT2D eigenvalue weighted by Gasteiger charge is 2.35. The van der Waals surface area contributed by atoms with Gasteiger partial charge in [0.05, 0.1) is 34.5 Å². The Morgan fingerprint density at radius 3 is 2.63 bits per heavy atom.